The highest BCUT2D eigenvalue weighted by Gasteiger charge is 2.32. The minimum Gasteiger partial charge on any atom is -0.497 e. The molecule has 2 heterocycles. The summed E-state index contributed by atoms with van der Waals surface area (Å²) in [6.07, 6.45) is 3.14. The number of aryl methyl sites for hydroxylation is 1. The summed E-state index contributed by atoms with van der Waals surface area (Å²) in [7, 11) is 1.65. The third-order valence-electron chi connectivity index (χ3n) is 4.15. The molecule has 0 unspecified atom stereocenters. The predicted molar refractivity (Wildman–Crippen MR) is 83.2 cm³/mol. The Morgan fingerprint density at radius 2 is 2.00 bits per heavy atom. The number of rotatable bonds is 2. The summed E-state index contributed by atoms with van der Waals surface area (Å²) >= 11 is 1.74. The van der Waals surface area contributed by atoms with E-state index in [-0.39, 0.29) is 12.1 Å². The molecule has 0 fully saturated rings. The summed E-state index contributed by atoms with van der Waals surface area (Å²) in [6, 6.07) is 7.77. The molecule has 0 spiro atoms. The molecule has 0 saturated heterocycles. The normalized spacial score (nSPS) is 19.5. The number of hydrogen-bond donors (Lipinski definition) is 2. The Bertz CT molecular complexity index is 706. The number of thiophene rings is 1. The Balaban J connectivity index is 1.66. The average molecular weight is 300 g/mol. The highest BCUT2D eigenvalue weighted by Crippen LogP contribution is 2.42. The highest BCUT2D eigenvalue weighted by molar-refractivity contribution is 7.16. The number of carbonyl (C=O) groups excluding carboxylic acids is 1. The van der Waals surface area contributed by atoms with Crippen molar-refractivity contribution in [2.24, 2.45) is 0 Å². The van der Waals surface area contributed by atoms with Gasteiger partial charge >= 0.3 is 0 Å². The van der Waals surface area contributed by atoms with Gasteiger partial charge in [0.2, 0.25) is 0 Å². The molecule has 4 nitrogen and oxygen atoms in total. The number of carbonyl (C=O) groups is 1. The van der Waals surface area contributed by atoms with Crippen LogP contribution in [0.1, 0.15) is 38.9 Å². The van der Waals surface area contributed by atoms with E-state index in [0.717, 1.165) is 34.7 Å². The smallest absolute Gasteiger partial charge is 0.256 e. The largest absolute Gasteiger partial charge is 0.497 e. The van der Waals surface area contributed by atoms with E-state index in [1.54, 1.807) is 18.4 Å². The van der Waals surface area contributed by atoms with Crippen LogP contribution in [-0.2, 0) is 12.8 Å². The van der Waals surface area contributed by atoms with E-state index < -0.39 is 0 Å². The van der Waals surface area contributed by atoms with Gasteiger partial charge in [-0.25, -0.2) is 0 Å². The summed E-state index contributed by atoms with van der Waals surface area (Å²) in [5.74, 6) is 0.862. The second kappa shape index (κ2) is 4.77. The van der Waals surface area contributed by atoms with Crippen molar-refractivity contribution in [3.8, 4) is 5.75 Å². The first-order chi connectivity index (χ1) is 10.3. The van der Waals surface area contributed by atoms with Gasteiger partial charge in [0.25, 0.3) is 5.91 Å². The topological polar surface area (TPSA) is 50.4 Å². The Morgan fingerprint density at radius 1 is 1.19 bits per heavy atom. The third kappa shape index (κ3) is 2.00. The molecule has 2 aromatic rings. The average Bonchev–Trinajstić information content (AvgIpc) is 3.07. The molecular weight excluding hydrogens is 284 g/mol. The maximum absolute atomic E-state index is 12.4. The van der Waals surface area contributed by atoms with Gasteiger partial charge in [0.05, 0.1) is 12.7 Å². The van der Waals surface area contributed by atoms with Gasteiger partial charge in [-0.15, -0.1) is 11.3 Å². The van der Waals surface area contributed by atoms with Crippen molar-refractivity contribution in [1.29, 1.82) is 0 Å². The van der Waals surface area contributed by atoms with Gasteiger partial charge in [-0.05, 0) is 42.5 Å². The van der Waals surface area contributed by atoms with Crippen LogP contribution in [0.2, 0.25) is 0 Å². The van der Waals surface area contributed by atoms with Crippen molar-refractivity contribution in [3.05, 3.63) is 45.8 Å². The fourth-order valence-corrected chi connectivity index (χ4v) is 4.39. The lowest BCUT2D eigenvalue weighted by Gasteiger charge is -2.26. The Morgan fingerprint density at radius 3 is 2.76 bits per heavy atom. The van der Waals surface area contributed by atoms with Crippen molar-refractivity contribution in [3.63, 3.8) is 0 Å². The summed E-state index contributed by atoms with van der Waals surface area (Å²) in [4.78, 5) is 13.8. The quantitative estimate of drug-likeness (QED) is 0.896. The van der Waals surface area contributed by atoms with E-state index in [2.05, 4.69) is 10.6 Å². The fraction of sp³-hybridized carbons (Fsp3) is 0.312. The van der Waals surface area contributed by atoms with Gasteiger partial charge < -0.3 is 15.4 Å². The molecule has 4 rings (SSSR count). The lowest BCUT2D eigenvalue weighted by molar-refractivity contribution is 0.0935. The number of anilines is 1. The van der Waals surface area contributed by atoms with Crippen LogP contribution in [0.4, 0.5) is 5.00 Å². The van der Waals surface area contributed by atoms with Crippen molar-refractivity contribution >= 4 is 22.2 Å². The standard InChI is InChI=1S/C16H16N2O2S/c1-20-10-7-5-9(6-8-10)14-17-15(19)13-11-3-2-4-12(11)21-16(13)18-14/h5-8,14,18H,2-4H2,1H3,(H,17,19)/t14-/m0/s1. The number of hydrogen-bond acceptors (Lipinski definition) is 4. The van der Waals surface area contributed by atoms with Crippen molar-refractivity contribution in [2.75, 3.05) is 12.4 Å². The van der Waals surface area contributed by atoms with Crippen LogP contribution < -0.4 is 15.4 Å². The molecule has 108 valence electrons. The summed E-state index contributed by atoms with van der Waals surface area (Å²) < 4.78 is 5.17. The molecule has 1 aliphatic heterocycles. The van der Waals surface area contributed by atoms with Crippen molar-refractivity contribution in [2.45, 2.75) is 25.4 Å². The minimum absolute atomic E-state index is 0.0453. The number of ether oxygens (including phenoxy) is 1. The number of methoxy groups -OCH3 is 1. The zero-order valence-corrected chi connectivity index (χ0v) is 12.5. The maximum atomic E-state index is 12.4. The first-order valence-corrected chi connectivity index (χ1v) is 7.94. The van der Waals surface area contributed by atoms with E-state index >= 15 is 0 Å². The van der Waals surface area contributed by atoms with Crippen LogP contribution in [0.3, 0.4) is 0 Å². The molecule has 1 aromatic heterocycles. The fourth-order valence-electron chi connectivity index (χ4n) is 3.08. The van der Waals surface area contributed by atoms with Crippen LogP contribution in [0.5, 0.6) is 5.75 Å². The predicted octanol–water partition coefficient (Wildman–Crippen LogP) is 3.10. The van der Waals surface area contributed by atoms with E-state index in [4.69, 9.17) is 4.74 Å². The highest BCUT2D eigenvalue weighted by atomic mass is 32.1. The first kappa shape index (κ1) is 12.7. The Labute approximate surface area is 127 Å². The zero-order chi connectivity index (χ0) is 14.4. The van der Waals surface area contributed by atoms with E-state index in [0.29, 0.717) is 0 Å². The van der Waals surface area contributed by atoms with E-state index in [1.807, 2.05) is 24.3 Å². The minimum atomic E-state index is -0.172. The maximum Gasteiger partial charge on any atom is 0.256 e. The number of amides is 1. The second-order valence-electron chi connectivity index (χ2n) is 5.39. The molecule has 1 atom stereocenters. The lowest BCUT2D eigenvalue weighted by Crippen LogP contribution is -2.38. The third-order valence-corrected chi connectivity index (χ3v) is 5.37. The molecule has 0 saturated carbocycles. The Kier molecular flexibility index (Phi) is 2.89. The number of fused-ring (bicyclic) bond motifs is 3. The summed E-state index contributed by atoms with van der Waals surface area (Å²) in [5, 5.41) is 7.53. The van der Waals surface area contributed by atoms with Gasteiger partial charge in [0.15, 0.2) is 0 Å². The van der Waals surface area contributed by atoms with Gasteiger partial charge in [0.1, 0.15) is 16.9 Å². The van der Waals surface area contributed by atoms with Crippen LogP contribution >= 0.6 is 11.3 Å². The monoisotopic (exact) mass is 300 g/mol. The zero-order valence-electron chi connectivity index (χ0n) is 11.7. The molecule has 1 aromatic carbocycles. The van der Waals surface area contributed by atoms with Crippen LogP contribution in [0.15, 0.2) is 24.3 Å². The van der Waals surface area contributed by atoms with Gasteiger partial charge in [-0.2, -0.15) is 0 Å². The molecule has 0 radical (unpaired) electrons. The van der Waals surface area contributed by atoms with Gasteiger partial charge in [-0.1, -0.05) is 12.1 Å². The number of nitrogens with one attached hydrogen (secondary N) is 2. The Hall–Kier alpha value is -2.01. The van der Waals surface area contributed by atoms with Gasteiger partial charge in [-0.3, -0.25) is 4.79 Å². The molecule has 5 heteroatoms. The SMILES string of the molecule is COc1ccc([C@H]2NC(=O)c3c(sc4c3CCC4)N2)cc1. The van der Waals surface area contributed by atoms with Crippen LogP contribution in [0, 0.1) is 0 Å². The van der Waals surface area contributed by atoms with Crippen molar-refractivity contribution < 1.29 is 9.53 Å². The first-order valence-electron chi connectivity index (χ1n) is 7.12. The molecule has 1 amide bonds. The molecule has 1 aliphatic carbocycles. The molecule has 2 N–H and O–H groups in total. The summed E-state index contributed by atoms with van der Waals surface area (Å²) in [6.45, 7) is 0. The summed E-state index contributed by atoms with van der Waals surface area (Å²) in [5.41, 5.74) is 3.16. The van der Waals surface area contributed by atoms with Crippen molar-refractivity contribution in [1.82, 2.24) is 5.32 Å². The van der Waals surface area contributed by atoms with Gasteiger partial charge in [0, 0.05) is 4.88 Å². The molecule has 0 bridgehead atoms. The van der Waals surface area contributed by atoms with E-state index in [1.165, 1.54) is 16.9 Å². The van der Waals surface area contributed by atoms with Crippen LogP contribution in [0.25, 0.3) is 0 Å². The second-order valence-corrected chi connectivity index (χ2v) is 6.49. The van der Waals surface area contributed by atoms with E-state index in [9.17, 15) is 4.79 Å². The molecule has 21 heavy (non-hydrogen) atoms. The molecule has 2 aliphatic rings. The lowest BCUT2D eigenvalue weighted by atomic mass is 10.1. The number of benzene rings is 1. The molecular formula is C16H16N2O2S. The van der Waals surface area contributed by atoms with Crippen LogP contribution in [-0.4, -0.2) is 13.0 Å².